The molecule has 0 fully saturated rings. The Morgan fingerprint density at radius 3 is 2.65 bits per heavy atom. The average molecular weight is 345 g/mol. The first-order valence-electron chi connectivity index (χ1n) is 8.63. The Balaban J connectivity index is 1.62. The molecule has 0 saturated heterocycles. The molecule has 128 valence electrons. The van der Waals surface area contributed by atoms with Gasteiger partial charge in [-0.15, -0.1) is 0 Å². The largest absolute Gasteiger partial charge is 0.445 e. The fourth-order valence-electron chi connectivity index (χ4n) is 3.64. The Hall–Kier alpha value is -3.18. The molecule has 5 nitrogen and oxygen atoms in total. The molecule has 1 unspecified atom stereocenters. The second-order valence-electron chi connectivity index (χ2n) is 6.57. The number of hydrogen-bond donors (Lipinski definition) is 1. The van der Waals surface area contributed by atoms with E-state index in [-0.39, 0.29) is 5.63 Å². The van der Waals surface area contributed by atoms with E-state index in [1.165, 1.54) is 4.90 Å². The molecule has 0 saturated carbocycles. The van der Waals surface area contributed by atoms with Crippen LogP contribution in [0.3, 0.4) is 0 Å². The Labute approximate surface area is 149 Å². The molecule has 4 aromatic rings. The molecule has 0 radical (unpaired) electrons. The van der Waals surface area contributed by atoms with E-state index in [1.807, 2.05) is 48.5 Å². The molecular formula is C21H17N2O3+. The second-order valence-corrected chi connectivity index (χ2v) is 6.57. The van der Waals surface area contributed by atoms with Crippen LogP contribution in [0.5, 0.6) is 5.75 Å². The van der Waals surface area contributed by atoms with Crippen molar-refractivity contribution in [3.05, 3.63) is 82.5 Å². The van der Waals surface area contributed by atoms with Gasteiger partial charge in [-0.05, 0) is 35.7 Å². The fourth-order valence-corrected chi connectivity index (χ4v) is 3.64. The van der Waals surface area contributed by atoms with Crippen LogP contribution in [0.15, 0.2) is 70.0 Å². The summed E-state index contributed by atoms with van der Waals surface area (Å²) in [6.07, 6.45) is 1.80. The summed E-state index contributed by atoms with van der Waals surface area (Å²) in [6, 6.07) is 17.4. The highest BCUT2D eigenvalue weighted by Crippen LogP contribution is 2.31. The van der Waals surface area contributed by atoms with E-state index in [2.05, 4.69) is 4.98 Å². The van der Waals surface area contributed by atoms with Crippen LogP contribution in [0.25, 0.3) is 21.7 Å². The SMILES string of the molecule is O=c1oc2c3c(ccc2c2ccccc12)OC[NH+](Cc1ccccn1)C3. The first-order valence-corrected chi connectivity index (χ1v) is 8.63. The van der Waals surface area contributed by atoms with Crippen LogP contribution in [-0.2, 0) is 13.1 Å². The molecule has 0 bridgehead atoms. The summed E-state index contributed by atoms with van der Waals surface area (Å²) in [7, 11) is 0. The third-order valence-corrected chi connectivity index (χ3v) is 4.87. The zero-order chi connectivity index (χ0) is 17.5. The lowest BCUT2D eigenvalue weighted by atomic mass is 10.0. The van der Waals surface area contributed by atoms with Gasteiger partial charge in [0, 0.05) is 11.6 Å². The topological polar surface area (TPSA) is 56.8 Å². The first-order chi connectivity index (χ1) is 12.8. The van der Waals surface area contributed by atoms with Crippen molar-refractivity contribution in [1.29, 1.82) is 0 Å². The monoisotopic (exact) mass is 345 g/mol. The van der Waals surface area contributed by atoms with Crippen molar-refractivity contribution in [1.82, 2.24) is 4.98 Å². The van der Waals surface area contributed by atoms with E-state index < -0.39 is 0 Å². The van der Waals surface area contributed by atoms with Crippen molar-refractivity contribution in [2.45, 2.75) is 13.1 Å². The van der Waals surface area contributed by atoms with Crippen molar-refractivity contribution in [3.63, 3.8) is 0 Å². The van der Waals surface area contributed by atoms with Gasteiger partial charge in [-0.1, -0.05) is 24.3 Å². The molecule has 0 spiro atoms. The average Bonchev–Trinajstić information content (AvgIpc) is 2.69. The highest BCUT2D eigenvalue weighted by molar-refractivity contribution is 6.05. The van der Waals surface area contributed by atoms with Crippen LogP contribution >= 0.6 is 0 Å². The predicted octanol–water partition coefficient (Wildman–Crippen LogP) is 2.28. The summed E-state index contributed by atoms with van der Waals surface area (Å²) in [5, 5.41) is 2.47. The van der Waals surface area contributed by atoms with Crippen LogP contribution in [0.4, 0.5) is 0 Å². The van der Waals surface area contributed by atoms with Gasteiger partial charge in [-0.2, -0.15) is 0 Å². The molecule has 2 aromatic heterocycles. The number of pyridine rings is 1. The predicted molar refractivity (Wildman–Crippen MR) is 98.1 cm³/mol. The molecule has 1 aliphatic heterocycles. The lowest BCUT2D eigenvalue weighted by molar-refractivity contribution is -0.946. The number of hydrogen-bond acceptors (Lipinski definition) is 4. The number of rotatable bonds is 2. The van der Waals surface area contributed by atoms with Crippen LogP contribution in [0, 0.1) is 0 Å². The molecule has 1 atom stereocenters. The maximum absolute atomic E-state index is 12.4. The smallest absolute Gasteiger partial charge is 0.344 e. The zero-order valence-corrected chi connectivity index (χ0v) is 14.1. The van der Waals surface area contributed by atoms with Crippen LogP contribution in [0.2, 0.25) is 0 Å². The number of nitrogens with one attached hydrogen (secondary N) is 1. The summed E-state index contributed by atoms with van der Waals surface area (Å²) in [5.41, 5.74) is 2.28. The number of aromatic nitrogens is 1. The lowest BCUT2D eigenvalue weighted by Crippen LogP contribution is -3.11. The summed E-state index contributed by atoms with van der Waals surface area (Å²) >= 11 is 0. The van der Waals surface area contributed by atoms with Gasteiger partial charge in [0.15, 0.2) is 5.58 Å². The highest BCUT2D eigenvalue weighted by atomic mass is 16.5. The summed E-state index contributed by atoms with van der Waals surface area (Å²) < 4.78 is 11.6. The fraction of sp³-hybridized carbons (Fsp3) is 0.143. The highest BCUT2D eigenvalue weighted by Gasteiger charge is 2.25. The maximum Gasteiger partial charge on any atom is 0.344 e. The van der Waals surface area contributed by atoms with E-state index >= 15 is 0 Å². The van der Waals surface area contributed by atoms with Gasteiger partial charge in [0.2, 0.25) is 6.73 Å². The third-order valence-electron chi connectivity index (χ3n) is 4.87. The van der Waals surface area contributed by atoms with E-state index in [4.69, 9.17) is 9.15 Å². The normalized spacial score (nSPS) is 16.4. The number of fused-ring (bicyclic) bond motifs is 5. The number of nitrogens with zero attached hydrogens (tertiary/aromatic N) is 1. The number of ether oxygens (including phenoxy) is 1. The maximum atomic E-state index is 12.4. The van der Waals surface area contributed by atoms with Gasteiger partial charge in [0.05, 0.1) is 16.6 Å². The third kappa shape index (κ3) is 2.45. The first kappa shape index (κ1) is 15.1. The molecule has 5 heteroatoms. The van der Waals surface area contributed by atoms with Crippen molar-refractivity contribution < 1.29 is 14.1 Å². The van der Waals surface area contributed by atoms with Crippen molar-refractivity contribution in [2.75, 3.05) is 6.73 Å². The Bertz CT molecular complexity index is 1170. The summed E-state index contributed by atoms with van der Waals surface area (Å²) in [5.74, 6) is 0.792. The molecule has 2 aromatic carbocycles. The van der Waals surface area contributed by atoms with E-state index in [9.17, 15) is 4.79 Å². The van der Waals surface area contributed by atoms with Crippen molar-refractivity contribution in [2.24, 2.45) is 0 Å². The molecule has 5 rings (SSSR count). The molecule has 3 heterocycles. The van der Waals surface area contributed by atoms with E-state index in [0.717, 1.165) is 40.9 Å². The van der Waals surface area contributed by atoms with Gasteiger partial charge >= 0.3 is 5.63 Å². The Morgan fingerprint density at radius 1 is 0.962 bits per heavy atom. The Kier molecular flexibility index (Phi) is 3.47. The number of benzene rings is 2. The van der Waals surface area contributed by atoms with Crippen molar-refractivity contribution in [3.8, 4) is 5.75 Å². The van der Waals surface area contributed by atoms with E-state index in [1.54, 1.807) is 12.3 Å². The van der Waals surface area contributed by atoms with E-state index in [0.29, 0.717) is 17.7 Å². The lowest BCUT2D eigenvalue weighted by Gasteiger charge is -2.26. The molecule has 1 N–H and O–H groups in total. The molecule has 26 heavy (non-hydrogen) atoms. The van der Waals surface area contributed by atoms with Gasteiger partial charge in [0.1, 0.15) is 18.8 Å². The van der Waals surface area contributed by atoms with Gasteiger partial charge in [0.25, 0.3) is 0 Å². The molecule has 0 aliphatic carbocycles. The molecular weight excluding hydrogens is 328 g/mol. The number of quaternary nitrogens is 1. The minimum absolute atomic E-state index is 0.307. The second kappa shape index (κ2) is 5.97. The van der Waals surface area contributed by atoms with Crippen molar-refractivity contribution >= 4 is 21.7 Å². The summed E-state index contributed by atoms with van der Waals surface area (Å²) in [6.45, 7) is 2.05. The minimum atomic E-state index is -0.307. The van der Waals surface area contributed by atoms with Crippen LogP contribution < -0.4 is 15.3 Å². The van der Waals surface area contributed by atoms with Gasteiger partial charge < -0.3 is 9.15 Å². The standard InChI is InChI=1S/C21H16N2O3/c24-21-17-7-2-1-6-15(17)16-8-9-19-18(20(16)26-21)12-23(13-25-19)11-14-5-3-4-10-22-14/h1-10H,11-13H2/p+1. The van der Waals surface area contributed by atoms with Gasteiger partial charge in [-0.3, -0.25) is 9.88 Å². The van der Waals surface area contributed by atoms with Gasteiger partial charge in [-0.25, -0.2) is 4.79 Å². The minimum Gasteiger partial charge on any atom is -0.445 e. The Morgan fingerprint density at radius 2 is 1.81 bits per heavy atom. The molecule has 0 amide bonds. The van der Waals surface area contributed by atoms with Crippen LogP contribution in [-0.4, -0.2) is 11.7 Å². The molecule has 1 aliphatic rings. The summed E-state index contributed by atoms with van der Waals surface area (Å²) in [4.78, 5) is 18.0. The quantitative estimate of drug-likeness (QED) is 0.447. The zero-order valence-electron chi connectivity index (χ0n) is 14.1. The van der Waals surface area contributed by atoms with Crippen LogP contribution in [0.1, 0.15) is 11.3 Å².